The zero-order valence-corrected chi connectivity index (χ0v) is 17.8. The first kappa shape index (κ1) is 21.6. The molecule has 7 nitrogen and oxygen atoms in total. The Labute approximate surface area is 189 Å². The number of hydrogen-bond donors (Lipinski definition) is 1. The first-order valence-electron chi connectivity index (χ1n) is 9.85. The monoisotopic (exact) mass is 443 g/mol. The van der Waals surface area contributed by atoms with Crippen molar-refractivity contribution < 1.29 is 23.5 Å². The highest BCUT2D eigenvalue weighted by atomic mass is 19.1. The number of carbonyl (C=O) groups excluding carboxylic acids is 2. The van der Waals surface area contributed by atoms with Crippen molar-refractivity contribution in [3.8, 4) is 17.6 Å². The zero-order valence-electron chi connectivity index (χ0n) is 17.8. The van der Waals surface area contributed by atoms with Crippen LogP contribution in [0.4, 0.5) is 15.8 Å². The predicted molar refractivity (Wildman–Crippen MR) is 120 cm³/mol. The number of anilines is 2. The van der Waals surface area contributed by atoms with Crippen molar-refractivity contribution in [2.24, 2.45) is 0 Å². The number of benzene rings is 3. The molecule has 1 heterocycles. The van der Waals surface area contributed by atoms with Crippen molar-refractivity contribution >= 4 is 28.8 Å². The van der Waals surface area contributed by atoms with Gasteiger partial charge in [0.15, 0.2) is 11.5 Å². The van der Waals surface area contributed by atoms with Crippen LogP contribution in [0.25, 0.3) is 5.57 Å². The molecule has 2 amide bonds. The summed E-state index contributed by atoms with van der Waals surface area (Å²) in [6, 6.07) is 18.5. The van der Waals surface area contributed by atoms with Gasteiger partial charge in [0, 0.05) is 5.69 Å². The summed E-state index contributed by atoms with van der Waals surface area (Å²) in [6.45, 7) is 0. The Hall–Kier alpha value is -4.64. The smallest absolute Gasteiger partial charge is 0.282 e. The minimum atomic E-state index is -0.612. The number of nitrogens with zero attached hydrogens (tertiary/aromatic N) is 2. The molecule has 0 aromatic heterocycles. The van der Waals surface area contributed by atoms with Crippen LogP contribution in [-0.2, 0) is 9.59 Å². The molecule has 0 spiro atoms. The van der Waals surface area contributed by atoms with Crippen LogP contribution in [0.2, 0.25) is 0 Å². The second kappa shape index (κ2) is 8.85. The highest BCUT2D eigenvalue weighted by Gasteiger charge is 2.40. The fraction of sp³-hybridized carbons (Fsp3) is 0.0800. The van der Waals surface area contributed by atoms with Gasteiger partial charge in [-0.3, -0.25) is 9.59 Å². The van der Waals surface area contributed by atoms with E-state index in [1.807, 2.05) is 6.07 Å². The van der Waals surface area contributed by atoms with Crippen LogP contribution in [0.1, 0.15) is 11.1 Å². The molecule has 3 aromatic rings. The van der Waals surface area contributed by atoms with Crippen LogP contribution in [0.15, 0.2) is 72.4 Å². The molecule has 0 fully saturated rings. The molecule has 1 aliphatic heterocycles. The number of methoxy groups -OCH3 is 2. The highest BCUT2D eigenvalue weighted by Crippen LogP contribution is 2.37. The van der Waals surface area contributed by atoms with Gasteiger partial charge in [0.05, 0.1) is 37.1 Å². The summed E-state index contributed by atoms with van der Waals surface area (Å²) in [5.41, 5.74) is 1.51. The predicted octanol–water partition coefficient (Wildman–Crippen LogP) is 4.11. The Morgan fingerprint density at radius 1 is 0.909 bits per heavy atom. The van der Waals surface area contributed by atoms with Crippen LogP contribution in [0.3, 0.4) is 0 Å². The summed E-state index contributed by atoms with van der Waals surface area (Å²) < 4.78 is 24.4. The van der Waals surface area contributed by atoms with Crippen LogP contribution in [-0.4, -0.2) is 26.0 Å². The van der Waals surface area contributed by atoms with Gasteiger partial charge in [0.1, 0.15) is 11.5 Å². The Morgan fingerprint density at radius 3 is 2.27 bits per heavy atom. The van der Waals surface area contributed by atoms with Crippen LogP contribution < -0.4 is 19.7 Å². The van der Waals surface area contributed by atoms with E-state index in [1.165, 1.54) is 56.7 Å². The van der Waals surface area contributed by atoms with E-state index in [1.54, 1.807) is 24.3 Å². The normalized spacial score (nSPS) is 13.2. The summed E-state index contributed by atoms with van der Waals surface area (Å²) in [6.07, 6.45) is 0. The number of carbonyl (C=O) groups is 2. The molecule has 0 radical (unpaired) electrons. The molecule has 0 atom stereocenters. The number of nitrogens with one attached hydrogen (secondary N) is 1. The van der Waals surface area contributed by atoms with Crippen molar-refractivity contribution in [1.82, 2.24) is 0 Å². The van der Waals surface area contributed by atoms with Crippen LogP contribution in [0, 0.1) is 17.1 Å². The molecule has 1 N–H and O–H groups in total. The third-order valence-corrected chi connectivity index (χ3v) is 5.10. The largest absolute Gasteiger partial charge is 0.493 e. The standard InChI is InChI=1S/C25H18FN3O4/c1-32-20-11-8-16(12-21(20)33-2)22-23(28-18-5-3-4-17(26)13-18)25(31)29(24(22)30)19-9-6-15(14-27)7-10-19/h3-13,28H,1-2H3. The molecule has 1 aliphatic rings. The molecule has 8 heteroatoms. The van der Waals surface area contributed by atoms with E-state index in [9.17, 15) is 14.0 Å². The maximum absolute atomic E-state index is 13.8. The third kappa shape index (κ3) is 4.00. The Kier molecular flexibility index (Phi) is 5.79. The Bertz CT molecular complexity index is 1330. The molecule has 0 unspecified atom stereocenters. The number of hydrogen-bond acceptors (Lipinski definition) is 6. The van der Waals surface area contributed by atoms with E-state index in [2.05, 4.69) is 5.32 Å². The second-order valence-electron chi connectivity index (χ2n) is 7.06. The van der Waals surface area contributed by atoms with E-state index >= 15 is 0 Å². The lowest BCUT2D eigenvalue weighted by Gasteiger charge is -2.15. The molecule has 0 bridgehead atoms. The van der Waals surface area contributed by atoms with Crippen LogP contribution >= 0.6 is 0 Å². The summed E-state index contributed by atoms with van der Waals surface area (Å²) in [5.74, 6) is -0.838. The molecular weight excluding hydrogens is 425 g/mol. The number of halogens is 1. The van der Waals surface area contributed by atoms with Crippen molar-refractivity contribution in [3.05, 3.63) is 89.4 Å². The van der Waals surface area contributed by atoms with Crippen molar-refractivity contribution in [2.75, 3.05) is 24.4 Å². The summed E-state index contributed by atoms with van der Waals surface area (Å²) in [5, 5.41) is 11.9. The summed E-state index contributed by atoms with van der Waals surface area (Å²) >= 11 is 0. The molecule has 0 aliphatic carbocycles. The van der Waals surface area contributed by atoms with Crippen LogP contribution in [0.5, 0.6) is 11.5 Å². The van der Waals surface area contributed by atoms with Gasteiger partial charge in [0.2, 0.25) is 0 Å². The third-order valence-electron chi connectivity index (χ3n) is 5.10. The molecule has 33 heavy (non-hydrogen) atoms. The van der Waals surface area contributed by atoms with E-state index in [-0.39, 0.29) is 11.3 Å². The van der Waals surface area contributed by atoms with Crippen molar-refractivity contribution in [2.45, 2.75) is 0 Å². The fourth-order valence-corrected chi connectivity index (χ4v) is 3.54. The average Bonchev–Trinajstić information content (AvgIpc) is 3.07. The van der Waals surface area contributed by atoms with Gasteiger partial charge < -0.3 is 14.8 Å². The molecule has 164 valence electrons. The minimum absolute atomic E-state index is 0.0119. The number of ether oxygens (including phenoxy) is 2. The number of rotatable bonds is 6. The van der Waals surface area contributed by atoms with Gasteiger partial charge >= 0.3 is 0 Å². The molecule has 0 saturated heterocycles. The van der Waals surface area contributed by atoms with Crippen molar-refractivity contribution in [3.63, 3.8) is 0 Å². The van der Waals surface area contributed by atoms with Gasteiger partial charge in [-0.25, -0.2) is 9.29 Å². The van der Waals surface area contributed by atoms with Gasteiger partial charge in [-0.15, -0.1) is 0 Å². The van der Waals surface area contributed by atoms with Gasteiger partial charge in [-0.2, -0.15) is 5.26 Å². The maximum Gasteiger partial charge on any atom is 0.282 e. The van der Waals surface area contributed by atoms with Gasteiger partial charge in [-0.1, -0.05) is 12.1 Å². The first-order chi connectivity index (χ1) is 16.0. The number of amides is 2. The molecular formula is C25H18FN3O4. The van der Waals surface area contributed by atoms with E-state index in [4.69, 9.17) is 14.7 Å². The quantitative estimate of drug-likeness (QED) is 0.577. The molecule has 3 aromatic carbocycles. The fourth-order valence-electron chi connectivity index (χ4n) is 3.54. The highest BCUT2D eigenvalue weighted by molar-refractivity contribution is 6.46. The van der Waals surface area contributed by atoms with Crippen molar-refractivity contribution in [1.29, 1.82) is 5.26 Å². The first-order valence-corrected chi connectivity index (χ1v) is 9.85. The summed E-state index contributed by atoms with van der Waals surface area (Å²) in [4.78, 5) is 27.9. The molecule has 4 rings (SSSR count). The molecule has 0 saturated carbocycles. The van der Waals surface area contributed by atoms with Gasteiger partial charge in [0.25, 0.3) is 11.8 Å². The van der Waals surface area contributed by atoms with E-state index < -0.39 is 17.6 Å². The summed E-state index contributed by atoms with van der Waals surface area (Å²) in [7, 11) is 2.96. The number of nitriles is 1. The Balaban J connectivity index is 1.84. The SMILES string of the molecule is COc1ccc(C2=C(Nc3cccc(F)c3)C(=O)N(c3ccc(C#N)cc3)C2=O)cc1OC. The number of imide groups is 1. The van der Waals surface area contributed by atoms with E-state index in [0.29, 0.717) is 34.0 Å². The topological polar surface area (TPSA) is 91.7 Å². The Morgan fingerprint density at radius 2 is 1.64 bits per heavy atom. The minimum Gasteiger partial charge on any atom is -0.493 e. The zero-order chi connectivity index (χ0) is 23.5. The van der Waals surface area contributed by atoms with E-state index in [0.717, 1.165) is 4.90 Å². The average molecular weight is 443 g/mol. The maximum atomic E-state index is 13.8. The second-order valence-corrected chi connectivity index (χ2v) is 7.06. The lowest BCUT2D eigenvalue weighted by atomic mass is 10.0. The lowest BCUT2D eigenvalue weighted by Crippen LogP contribution is -2.32. The lowest BCUT2D eigenvalue weighted by molar-refractivity contribution is -0.120. The van der Waals surface area contributed by atoms with Gasteiger partial charge in [-0.05, 0) is 60.2 Å².